The lowest BCUT2D eigenvalue weighted by Gasteiger charge is -2.23. The number of pyridine rings is 1. The van der Waals surface area contributed by atoms with Crippen molar-refractivity contribution < 1.29 is 0 Å². The molecule has 1 aromatic heterocycles. The third kappa shape index (κ3) is 2.25. The first-order valence-corrected chi connectivity index (χ1v) is 6.04. The van der Waals surface area contributed by atoms with Gasteiger partial charge in [0.25, 0.3) is 0 Å². The van der Waals surface area contributed by atoms with E-state index in [0.717, 1.165) is 18.1 Å². The van der Waals surface area contributed by atoms with Crippen LogP contribution in [0.3, 0.4) is 0 Å². The van der Waals surface area contributed by atoms with Crippen LogP contribution in [0.15, 0.2) is 12.1 Å². The van der Waals surface area contributed by atoms with Crippen LogP contribution in [0.2, 0.25) is 0 Å². The van der Waals surface area contributed by atoms with E-state index in [1.807, 2.05) is 6.92 Å². The van der Waals surface area contributed by atoms with Crippen LogP contribution in [0.25, 0.3) is 0 Å². The number of halogens is 1. The summed E-state index contributed by atoms with van der Waals surface area (Å²) in [6.07, 6.45) is 2.54. The fourth-order valence-corrected chi connectivity index (χ4v) is 2.37. The molecular formula is C12H17ClN2. The normalized spacial score (nSPS) is 21.0. The van der Waals surface area contributed by atoms with Crippen molar-refractivity contribution in [1.29, 1.82) is 0 Å². The van der Waals surface area contributed by atoms with E-state index in [0.29, 0.717) is 11.9 Å². The maximum Gasteiger partial charge on any atom is 0.129 e. The maximum atomic E-state index is 5.87. The van der Waals surface area contributed by atoms with Crippen molar-refractivity contribution in [1.82, 2.24) is 4.98 Å². The molecule has 2 rings (SSSR count). The molecule has 1 aromatic rings. The number of aromatic nitrogens is 1. The fraction of sp³-hybridized carbons (Fsp3) is 0.583. The lowest BCUT2D eigenvalue weighted by molar-refractivity contribution is 0.726. The van der Waals surface area contributed by atoms with E-state index >= 15 is 0 Å². The first kappa shape index (κ1) is 10.7. The van der Waals surface area contributed by atoms with E-state index in [4.69, 9.17) is 11.6 Å². The van der Waals surface area contributed by atoms with E-state index in [9.17, 15) is 0 Å². The number of rotatable bonds is 2. The van der Waals surface area contributed by atoms with Crippen LogP contribution in [-0.4, -0.2) is 17.6 Å². The molecule has 2 heterocycles. The second-order valence-corrected chi connectivity index (χ2v) is 4.56. The molecule has 3 heteroatoms. The molecule has 1 aliphatic heterocycles. The SMILES string of the molecule is Cc1cc(CCl)cc(N2CCCC2C)n1. The molecule has 0 N–H and O–H groups in total. The van der Waals surface area contributed by atoms with Crippen molar-refractivity contribution >= 4 is 17.4 Å². The summed E-state index contributed by atoms with van der Waals surface area (Å²) in [7, 11) is 0. The minimum absolute atomic E-state index is 0.568. The minimum atomic E-state index is 0.568. The first-order chi connectivity index (χ1) is 7.20. The van der Waals surface area contributed by atoms with Gasteiger partial charge in [0, 0.05) is 24.2 Å². The Labute approximate surface area is 96.3 Å². The summed E-state index contributed by atoms with van der Waals surface area (Å²) in [5, 5.41) is 0. The van der Waals surface area contributed by atoms with Gasteiger partial charge in [-0.3, -0.25) is 0 Å². The molecule has 1 atom stereocenters. The Morgan fingerprint density at radius 3 is 2.93 bits per heavy atom. The summed E-state index contributed by atoms with van der Waals surface area (Å²) in [5.41, 5.74) is 2.22. The Morgan fingerprint density at radius 1 is 1.53 bits per heavy atom. The Kier molecular flexibility index (Phi) is 3.15. The van der Waals surface area contributed by atoms with Crippen molar-refractivity contribution in [3.8, 4) is 0 Å². The molecule has 1 fully saturated rings. The molecule has 1 unspecified atom stereocenters. The molecule has 0 spiro atoms. The molecule has 1 aliphatic rings. The zero-order valence-electron chi connectivity index (χ0n) is 9.33. The second kappa shape index (κ2) is 4.40. The van der Waals surface area contributed by atoms with Crippen LogP contribution in [0.5, 0.6) is 0 Å². The quantitative estimate of drug-likeness (QED) is 0.718. The lowest BCUT2D eigenvalue weighted by atomic mass is 10.2. The average molecular weight is 225 g/mol. The Balaban J connectivity index is 2.30. The van der Waals surface area contributed by atoms with Crippen LogP contribution < -0.4 is 4.90 Å². The zero-order valence-corrected chi connectivity index (χ0v) is 10.1. The van der Waals surface area contributed by atoms with Crippen molar-refractivity contribution in [3.05, 3.63) is 23.4 Å². The number of nitrogens with zero attached hydrogens (tertiary/aromatic N) is 2. The van der Waals surface area contributed by atoms with E-state index in [1.165, 1.54) is 18.4 Å². The van der Waals surface area contributed by atoms with E-state index in [1.54, 1.807) is 0 Å². The highest BCUT2D eigenvalue weighted by Crippen LogP contribution is 2.25. The van der Waals surface area contributed by atoms with Crippen LogP contribution in [0.4, 0.5) is 5.82 Å². The lowest BCUT2D eigenvalue weighted by Crippen LogP contribution is -2.27. The van der Waals surface area contributed by atoms with Gasteiger partial charge in [-0.05, 0) is 44.4 Å². The minimum Gasteiger partial charge on any atom is -0.354 e. The van der Waals surface area contributed by atoms with Gasteiger partial charge in [-0.2, -0.15) is 0 Å². The summed E-state index contributed by atoms with van der Waals surface area (Å²) in [6.45, 7) is 5.41. The molecule has 15 heavy (non-hydrogen) atoms. The van der Waals surface area contributed by atoms with Crippen LogP contribution in [-0.2, 0) is 5.88 Å². The molecule has 0 bridgehead atoms. The zero-order chi connectivity index (χ0) is 10.8. The molecule has 1 saturated heterocycles. The highest BCUT2D eigenvalue weighted by atomic mass is 35.5. The predicted octanol–water partition coefficient (Wildman–Crippen LogP) is 3.12. The van der Waals surface area contributed by atoms with Gasteiger partial charge in [0.05, 0.1) is 0 Å². The number of hydrogen-bond donors (Lipinski definition) is 0. The molecule has 0 saturated carbocycles. The predicted molar refractivity (Wildman–Crippen MR) is 64.6 cm³/mol. The van der Waals surface area contributed by atoms with Gasteiger partial charge in [-0.15, -0.1) is 11.6 Å². The molecule has 0 aliphatic carbocycles. The van der Waals surface area contributed by atoms with E-state index in [-0.39, 0.29) is 0 Å². The Bertz CT molecular complexity index is 351. The van der Waals surface area contributed by atoms with Crippen LogP contribution in [0, 0.1) is 6.92 Å². The second-order valence-electron chi connectivity index (χ2n) is 4.29. The topological polar surface area (TPSA) is 16.1 Å². The van der Waals surface area contributed by atoms with E-state index < -0.39 is 0 Å². The molecule has 2 nitrogen and oxygen atoms in total. The smallest absolute Gasteiger partial charge is 0.129 e. The number of anilines is 1. The third-order valence-electron chi connectivity index (χ3n) is 3.00. The third-order valence-corrected chi connectivity index (χ3v) is 3.31. The largest absolute Gasteiger partial charge is 0.354 e. The maximum absolute atomic E-state index is 5.87. The highest BCUT2D eigenvalue weighted by Gasteiger charge is 2.21. The summed E-state index contributed by atoms with van der Waals surface area (Å²) in [6, 6.07) is 4.78. The summed E-state index contributed by atoms with van der Waals surface area (Å²) < 4.78 is 0. The van der Waals surface area contributed by atoms with Gasteiger partial charge >= 0.3 is 0 Å². The average Bonchev–Trinajstić information content (AvgIpc) is 2.63. The number of alkyl halides is 1. The Morgan fingerprint density at radius 2 is 2.33 bits per heavy atom. The van der Waals surface area contributed by atoms with Crippen LogP contribution >= 0.6 is 11.6 Å². The van der Waals surface area contributed by atoms with Crippen molar-refractivity contribution in [2.45, 2.75) is 38.6 Å². The molecular weight excluding hydrogens is 208 g/mol. The van der Waals surface area contributed by atoms with Gasteiger partial charge in [0.1, 0.15) is 5.82 Å². The van der Waals surface area contributed by atoms with Crippen molar-refractivity contribution in [2.24, 2.45) is 0 Å². The standard InChI is InChI=1S/C12H17ClN2/c1-9-6-11(8-13)7-12(14-9)15-5-3-4-10(15)2/h6-7,10H,3-5,8H2,1-2H3. The number of aryl methyl sites for hydroxylation is 1. The van der Waals surface area contributed by atoms with E-state index in [2.05, 4.69) is 28.9 Å². The van der Waals surface area contributed by atoms with Crippen molar-refractivity contribution in [3.63, 3.8) is 0 Å². The van der Waals surface area contributed by atoms with Gasteiger partial charge in [-0.25, -0.2) is 4.98 Å². The monoisotopic (exact) mass is 224 g/mol. The van der Waals surface area contributed by atoms with Crippen LogP contribution in [0.1, 0.15) is 31.0 Å². The van der Waals surface area contributed by atoms with Gasteiger partial charge in [0.15, 0.2) is 0 Å². The first-order valence-electron chi connectivity index (χ1n) is 5.51. The Hall–Kier alpha value is -0.760. The van der Waals surface area contributed by atoms with Gasteiger partial charge < -0.3 is 4.90 Å². The molecule has 0 aromatic carbocycles. The molecule has 82 valence electrons. The molecule has 0 amide bonds. The summed E-state index contributed by atoms with van der Waals surface area (Å²) >= 11 is 5.87. The summed E-state index contributed by atoms with van der Waals surface area (Å²) in [5.74, 6) is 1.66. The van der Waals surface area contributed by atoms with Gasteiger partial charge in [0.2, 0.25) is 0 Å². The number of hydrogen-bond acceptors (Lipinski definition) is 2. The fourth-order valence-electron chi connectivity index (χ4n) is 2.22. The molecule has 0 radical (unpaired) electrons. The highest BCUT2D eigenvalue weighted by molar-refractivity contribution is 6.17. The summed E-state index contributed by atoms with van der Waals surface area (Å²) in [4.78, 5) is 6.96. The van der Waals surface area contributed by atoms with Gasteiger partial charge in [-0.1, -0.05) is 0 Å². The van der Waals surface area contributed by atoms with Crippen molar-refractivity contribution in [2.75, 3.05) is 11.4 Å².